The number of rotatable bonds is 5. The lowest BCUT2D eigenvalue weighted by Crippen LogP contribution is -2.45. The first-order valence-corrected chi connectivity index (χ1v) is 6.28. The van der Waals surface area contributed by atoms with E-state index in [2.05, 4.69) is 4.72 Å². The van der Waals surface area contributed by atoms with Crippen LogP contribution in [-0.2, 0) is 14.9 Å². The van der Waals surface area contributed by atoms with E-state index in [9.17, 15) is 13.2 Å². The number of ether oxygens (including phenoxy) is 1. The molecule has 0 bridgehead atoms. The molecule has 0 unspecified atom stereocenters. The number of amides is 1. The summed E-state index contributed by atoms with van der Waals surface area (Å²) in [6.07, 6.45) is -1.60. The number of hydrogen-bond acceptors (Lipinski definition) is 5. The van der Waals surface area contributed by atoms with Crippen LogP contribution in [-0.4, -0.2) is 63.9 Å². The Morgan fingerprint density at radius 1 is 1.38 bits per heavy atom. The molecule has 1 aliphatic heterocycles. The smallest absolute Gasteiger partial charge is 0.419 e. The van der Waals surface area contributed by atoms with Crippen molar-refractivity contribution in [2.45, 2.75) is 0 Å². The number of morpholine rings is 1. The van der Waals surface area contributed by atoms with Crippen molar-refractivity contribution in [3.8, 4) is 0 Å². The van der Waals surface area contributed by atoms with Gasteiger partial charge in [0.05, 0.1) is 13.2 Å². The number of hydrogen-bond donors (Lipinski definition) is 3. The number of carbonyl (C=O) groups is 1. The monoisotopic (exact) mass is 253 g/mol. The van der Waals surface area contributed by atoms with Crippen molar-refractivity contribution < 1.29 is 23.1 Å². The zero-order valence-electron chi connectivity index (χ0n) is 8.68. The molecule has 1 amide bonds. The Morgan fingerprint density at radius 2 is 2.00 bits per heavy atom. The third-order valence-corrected chi connectivity index (χ3v) is 3.07. The summed E-state index contributed by atoms with van der Waals surface area (Å²) >= 11 is 0. The summed E-state index contributed by atoms with van der Waals surface area (Å²) in [5, 5.41) is 8.24. The Labute approximate surface area is 93.7 Å². The zero-order valence-corrected chi connectivity index (χ0v) is 9.49. The van der Waals surface area contributed by atoms with Crippen LogP contribution in [0.1, 0.15) is 0 Å². The predicted molar refractivity (Wildman–Crippen MR) is 55.3 cm³/mol. The topological polar surface area (TPSA) is 108 Å². The second-order valence-corrected chi connectivity index (χ2v) is 4.76. The Hall–Kier alpha value is -0.900. The highest BCUT2D eigenvalue weighted by atomic mass is 32.2. The van der Waals surface area contributed by atoms with Crippen LogP contribution in [0.5, 0.6) is 0 Å². The minimum atomic E-state index is -3.94. The van der Waals surface area contributed by atoms with Crippen molar-refractivity contribution in [2.75, 3.05) is 39.4 Å². The quantitative estimate of drug-likeness (QED) is 0.546. The highest BCUT2D eigenvalue weighted by molar-refractivity contribution is 7.88. The fourth-order valence-electron chi connectivity index (χ4n) is 1.31. The van der Waals surface area contributed by atoms with Crippen LogP contribution >= 0.6 is 0 Å². The van der Waals surface area contributed by atoms with Gasteiger partial charge < -0.3 is 9.84 Å². The molecule has 0 radical (unpaired) electrons. The van der Waals surface area contributed by atoms with Crippen molar-refractivity contribution in [3.05, 3.63) is 0 Å². The van der Waals surface area contributed by atoms with Crippen LogP contribution in [0.4, 0.5) is 4.79 Å². The Kier molecular flexibility index (Phi) is 4.93. The number of nitrogens with zero attached hydrogens (tertiary/aromatic N) is 1. The summed E-state index contributed by atoms with van der Waals surface area (Å²) < 4.78 is 30.7. The van der Waals surface area contributed by atoms with Crippen molar-refractivity contribution in [1.82, 2.24) is 14.3 Å². The lowest BCUT2D eigenvalue weighted by molar-refractivity contribution is 0.0390. The maximum absolute atomic E-state index is 11.0. The lowest BCUT2D eigenvalue weighted by atomic mass is 10.4. The van der Waals surface area contributed by atoms with Gasteiger partial charge in [-0.25, -0.2) is 9.52 Å². The molecule has 16 heavy (non-hydrogen) atoms. The van der Waals surface area contributed by atoms with Crippen molar-refractivity contribution >= 4 is 16.3 Å². The van der Waals surface area contributed by atoms with Gasteiger partial charge in [-0.3, -0.25) is 4.90 Å². The molecule has 1 saturated heterocycles. The van der Waals surface area contributed by atoms with Gasteiger partial charge in [-0.2, -0.15) is 13.1 Å². The van der Waals surface area contributed by atoms with E-state index in [-0.39, 0.29) is 6.54 Å². The molecule has 9 heteroatoms. The third kappa shape index (κ3) is 5.26. The van der Waals surface area contributed by atoms with Gasteiger partial charge in [0.2, 0.25) is 0 Å². The van der Waals surface area contributed by atoms with E-state index in [1.165, 1.54) is 4.72 Å². The molecule has 0 aliphatic carbocycles. The van der Waals surface area contributed by atoms with Gasteiger partial charge in [-0.05, 0) is 0 Å². The van der Waals surface area contributed by atoms with E-state index >= 15 is 0 Å². The van der Waals surface area contributed by atoms with E-state index in [1.54, 1.807) is 0 Å². The molecule has 1 heterocycles. The minimum Gasteiger partial charge on any atom is -0.464 e. The van der Waals surface area contributed by atoms with Crippen LogP contribution in [0.2, 0.25) is 0 Å². The Balaban J connectivity index is 2.21. The Morgan fingerprint density at radius 3 is 2.56 bits per heavy atom. The molecule has 8 nitrogen and oxygen atoms in total. The van der Waals surface area contributed by atoms with E-state index in [0.717, 1.165) is 13.1 Å². The molecule has 1 fully saturated rings. The molecule has 3 N–H and O–H groups in total. The third-order valence-electron chi connectivity index (χ3n) is 2.05. The standard InChI is InChI=1S/C7H15N3O5S/c11-7(12)9-16(13,14)8-1-2-10-3-5-15-6-4-10/h8-9H,1-6H2,(H,11,12). The molecule has 0 aromatic rings. The first-order valence-electron chi connectivity index (χ1n) is 4.80. The highest BCUT2D eigenvalue weighted by Crippen LogP contribution is 1.94. The number of nitrogens with one attached hydrogen (secondary N) is 2. The molecule has 0 aromatic heterocycles. The molecule has 0 aromatic carbocycles. The van der Waals surface area contributed by atoms with Crippen LogP contribution in [0.25, 0.3) is 0 Å². The Bertz CT molecular complexity index is 325. The van der Waals surface area contributed by atoms with Gasteiger partial charge in [0, 0.05) is 26.2 Å². The molecule has 1 rings (SSSR count). The molecule has 1 aliphatic rings. The lowest BCUT2D eigenvalue weighted by Gasteiger charge is -2.26. The van der Waals surface area contributed by atoms with Crippen LogP contribution in [0.3, 0.4) is 0 Å². The van der Waals surface area contributed by atoms with Crippen LogP contribution in [0, 0.1) is 0 Å². The molecular formula is C7H15N3O5S. The van der Waals surface area contributed by atoms with E-state index in [4.69, 9.17) is 9.84 Å². The second kappa shape index (κ2) is 5.99. The largest absolute Gasteiger partial charge is 0.464 e. The van der Waals surface area contributed by atoms with E-state index in [0.29, 0.717) is 19.8 Å². The zero-order chi connectivity index (χ0) is 12.0. The minimum absolute atomic E-state index is 0.169. The van der Waals surface area contributed by atoms with Gasteiger partial charge >= 0.3 is 16.3 Å². The van der Waals surface area contributed by atoms with E-state index in [1.807, 2.05) is 4.90 Å². The molecule has 0 atom stereocenters. The molecule has 94 valence electrons. The van der Waals surface area contributed by atoms with Crippen LogP contribution < -0.4 is 9.44 Å². The first kappa shape index (κ1) is 13.2. The van der Waals surface area contributed by atoms with E-state index < -0.39 is 16.3 Å². The van der Waals surface area contributed by atoms with Gasteiger partial charge in [0.25, 0.3) is 0 Å². The van der Waals surface area contributed by atoms with Gasteiger partial charge in [-0.1, -0.05) is 0 Å². The highest BCUT2D eigenvalue weighted by Gasteiger charge is 2.14. The van der Waals surface area contributed by atoms with Crippen molar-refractivity contribution in [1.29, 1.82) is 0 Å². The molecule has 0 spiro atoms. The molecular weight excluding hydrogens is 238 g/mol. The summed E-state index contributed by atoms with van der Waals surface area (Å²) in [5.41, 5.74) is 0. The SMILES string of the molecule is O=C(O)NS(=O)(=O)NCCN1CCOCC1. The maximum Gasteiger partial charge on any atom is 0.419 e. The summed E-state index contributed by atoms with van der Waals surface area (Å²) in [5.74, 6) is 0. The maximum atomic E-state index is 11.0. The van der Waals surface area contributed by atoms with Gasteiger partial charge in [0.15, 0.2) is 0 Å². The average molecular weight is 253 g/mol. The molecule has 0 saturated carbocycles. The first-order chi connectivity index (χ1) is 7.49. The normalized spacial score (nSPS) is 18.2. The van der Waals surface area contributed by atoms with Gasteiger partial charge in [0.1, 0.15) is 0 Å². The second-order valence-electron chi connectivity index (χ2n) is 3.26. The summed E-state index contributed by atoms with van der Waals surface area (Å²) in [7, 11) is -3.94. The summed E-state index contributed by atoms with van der Waals surface area (Å²) in [6.45, 7) is 3.49. The van der Waals surface area contributed by atoms with Gasteiger partial charge in [-0.15, -0.1) is 0 Å². The average Bonchev–Trinajstić information content (AvgIpc) is 2.16. The predicted octanol–water partition coefficient (Wildman–Crippen LogP) is -1.58. The summed E-state index contributed by atoms with van der Waals surface area (Å²) in [4.78, 5) is 12.2. The van der Waals surface area contributed by atoms with Crippen LogP contribution in [0.15, 0.2) is 0 Å². The number of carboxylic acid groups (broad SMARTS) is 1. The fourth-order valence-corrected chi connectivity index (χ4v) is 1.98. The van der Waals surface area contributed by atoms with Crippen molar-refractivity contribution in [3.63, 3.8) is 0 Å². The summed E-state index contributed by atoms with van der Waals surface area (Å²) in [6, 6.07) is 0. The van der Waals surface area contributed by atoms with Crippen molar-refractivity contribution in [2.24, 2.45) is 0 Å². The fraction of sp³-hybridized carbons (Fsp3) is 0.857.